The Labute approximate surface area is 447 Å². The molecule has 8 heteroatoms. The molecule has 6 aromatic heterocycles. The van der Waals surface area contributed by atoms with Crippen LogP contribution in [0.15, 0.2) is 239 Å². The minimum Gasteiger partial charge on any atom is -0.456 e. The number of hydrogen-bond donors (Lipinski definition) is 0. The van der Waals surface area contributed by atoms with Crippen LogP contribution in [-0.2, 0) is 0 Å². The van der Waals surface area contributed by atoms with Crippen LogP contribution in [0.25, 0.3) is 168 Å². The first-order chi connectivity index (χ1) is 38.1. The Morgan fingerprint density at radius 3 is 1.65 bits per heavy atom. The van der Waals surface area contributed by atoms with Crippen LogP contribution in [0.1, 0.15) is 0 Å². The number of thiophene rings is 2. The predicted molar refractivity (Wildman–Crippen MR) is 322 cm³/mol. The highest BCUT2D eigenvalue weighted by molar-refractivity contribution is 7.26. The van der Waals surface area contributed by atoms with Crippen LogP contribution in [-0.4, -0.2) is 19.5 Å². The van der Waals surface area contributed by atoms with E-state index in [1.54, 1.807) is 11.3 Å². The molecule has 17 rings (SSSR count). The molecule has 11 aromatic carbocycles. The lowest BCUT2D eigenvalue weighted by Gasteiger charge is -2.10. The molecule has 6 nitrogen and oxygen atoms in total. The summed E-state index contributed by atoms with van der Waals surface area (Å²) >= 11 is 3.64. The Kier molecular flexibility index (Phi) is 9.07. The van der Waals surface area contributed by atoms with Crippen molar-refractivity contribution in [1.82, 2.24) is 19.5 Å². The SMILES string of the molecule is c1ccc(-n2c3ccc(-c4ccc5oc6cccc(-c7nc(-c8ccc9c(c8)oc8ccccc89)nc(-c8cccc9c8sc8ccccc89)n7)c6c5c4)cc3c3ccc(-c4cccc5c4sc4ccccc45)cc32)cc1. The Balaban J connectivity index is 0.838. The van der Waals surface area contributed by atoms with E-state index in [4.69, 9.17) is 23.8 Å². The van der Waals surface area contributed by atoms with Crippen LogP contribution in [0.4, 0.5) is 0 Å². The standard InChI is InChI=1S/C69H38N4O2S2/c1-2-13-43(14-3-1)73-56-33-29-39(35-54(56)45-31-27-41(37-57(45)73)44-18-10-19-50-48-16-5-8-25-62(48)76-65(44)50)40-30-34-59-55(36-40)64-52(21-12-24-60(64)74-59)68-70-67(42-28-32-47-46-15-4-7-23-58(46)75-61(47)38-42)71-69(72-68)53-22-11-20-51-49-17-6-9-26-63(49)77-66(51)53/h1-38H. The fraction of sp³-hybridized carbons (Fsp3) is 0. The van der Waals surface area contributed by atoms with Gasteiger partial charge in [0.1, 0.15) is 22.3 Å². The molecule has 0 amide bonds. The van der Waals surface area contributed by atoms with Gasteiger partial charge in [-0.05, 0) is 107 Å². The molecule has 0 atom stereocenters. The smallest absolute Gasteiger partial charge is 0.165 e. The van der Waals surface area contributed by atoms with Crippen LogP contribution in [0.5, 0.6) is 0 Å². The molecule has 0 saturated carbocycles. The maximum atomic E-state index is 6.69. The Morgan fingerprint density at radius 1 is 0.299 bits per heavy atom. The average molecular weight is 1020 g/mol. The third-order valence-electron chi connectivity index (χ3n) is 15.5. The molecule has 0 radical (unpaired) electrons. The Morgan fingerprint density at radius 2 is 0.844 bits per heavy atom. The highest BCUT2D eigenvalue weighted by Gasteiger charge is 2.22. The molecule has 0 N–H and O–H groups in total. The number of para-hydroxylation sites is 2. The van der Waals surface area contributed by atoms with E-state index in [9.17, 15) is 0 Å². The number of furan rings is 2. The van der Waals surface area contributed by atoms with Crippen LogP contribution in [0, 0.1) is 0 Å². The van der Waals surface area contributed by atoms with Crippen LogP contribution < -0.4 is 0 Å². The second-order valence-corrected chi connectivity index (χ2v) is 21.9. The van der Waals surface area contributed by atoms with Crippen molar-refractivity contribution in [3.63, 3.8) is 0 Å². The van der Waals surface area contributed by atoms with Crippen molar-refractivity contribution < 1.29 is 8.83 Å². The summed E-state index contributed by atoms with van der Waals surface area (Å²) in [6.45, 7) is 0. The number of rotatable bonds is 6. The number of nitrogens with zero attached hydrogens (tertiary/aromatic N) is 4. The van der Waals surface area contributed by atoms with Gasteiger partial charge in [-0.3, -0.25) is 0 Å². The predicted octanol–water partition coefficient (Wildman–Crippen LogP) is 19.8. The zero-order chi connectivity index (χ0) is 50.3. The van der Waals surface area contributed by atoms with Gasteiger partial charge in [-0.2, -0.15) is 0 Å². The third-order valence-corrected chi connectivity index (χ3v) is 17.9. The normalized spacial score (nSPS) is 12.2. The second kappa shape index (κ2) is 16.4. The summed E-state index contributed by atoms with van der Waals surface area (Å²) in [6, 6.07) is 82.1. The van der Waals surface area contributed by atoms with E-state index in [2.05, 4.69) is 205 Å². The van der Waals surface area contributed by atoms with E-state index in [0.29, 0.717) is 17.5 Å². The van der Waals surface area contributed by atoms with Crippen molar-refractivity contribution in [3.8, 4) is 62.1 Å². The van der Waals surface area contributed by atoms with Crippen LogP contribution in [0.3, 0.4) is 0 Å². The fourth-order valence-electron chi connectivity index (χ4n) is 11.9. The van der Waals surface area contributed by atoms with E-state index in [1.165, 1.54) is 57.5 Å². The second-order valence-electron chi connectivity index (χ2n) is 19.8. The molecule has 358 valence electrons. The Hall–Kier alpha value is -9.73. The van der Waals surface area contributed by atoms with Crippen molar-refractivity contribution in [2.45, 2.75) is 0 Å². The van der Waals surface area contributed by atoms with E-state index in [-0.39, 0.29) is 0 Å². The first-order valence-electron chi connectivity index (χ1n) is 25.7. The van der Waals surface area contributed by atoms with Gasteiger partial charge in [0.05, 0.1) is 11.0 Å². The molecule has 0 aliphatic heterocycles. The molecular weight excluding hydrogens is 981 g/mol. The maximum Gasteiger partial charge on any atom is 0.165 e. The zero-order valence-electron chi connectivity index (χ0n) is 40.9. The van der Waals surface area contributed by atoms with E-state index in [1.807, 2.05) is 41.7 Å². The first kappa shape index (κ1) is 42.6. The summed E-state index contributed by atoms with van der Waals surface area (Å²) in [5.74, 6) is 1.72. The molecule has 6 heterocycles. The zero-order valence-corrected chi connectivity index (χ0v) is 42.5. The molecule has 0 bridgehead atoms. The molecule has 0 saturated heterocycles. The third kappa shape index (κ3) is 6.50. The van der Waals surface area contributed by atoms with Gasteiger partial charge >= 0.3 is 0 Å². The number of benzene rings is 11. The molecule has 77 heavy (non-hydrogen) atoms. The maximum absolute atomic E-state index is 6.69. The monoisotopic (exact) mass is 1020 g/mol. The average Bonchev–Trinajstić information content (AvgIpc) is 4.48. The molecular formula is C69H38N4O2S2. The lowest BCUT2D eigenvalue weighted by Crippen LogP contribution is -2.00. The van der Waals surface area contributed by atoms with Gasteiger partial charge in [0, 0.05) is 95.0 Å². The van der Waals surface area contributed by atoms with E-state index >= 15 is 0 Å². The quantitative estimate of drug-likeness (QED) is 0.166. The molecule has 0 fully saturated rings. The highest BCUT2D eigenvalue weighted by atomic mass is 32.1. The van der Waals surface area contributed by atoms with Crippen LogP contribution >= 0.6 is 22.7 Å². The van der Waals surface area contributed by atoms with Crippen molar-refractivity contribution in [1.29, 1.82) is 0 Å². The lowest BCUT2D eigenvalue weighted by atomic mass is 9.98. The summed E-state index contributed by atoms with van der Waals surface area (Å²) < 4.78 is 20.5. The molecule has 17 aromatic rings. The molecule has 0 unspecified atom stereocenters. The van der Waals surface area contributed by atoms with E-state index in [0.717, 1.165) is 93.1 Å². The summed E-state index contributed by atoms with van der Waals surface area (Å²) in [5.41, 5.74) is 13.9. The van der Waals surface area contributed by atoms with Gasteiger partial charge in [0.2, 0.25) is 0 Å². The summed E-state index contributed by atoms with van der Waals surface area (Å²) in [6.07, 6.45) is 0. The molecule has 0 aliphatic rings. The fourth-order valence-corrected chi connectivity index (χ4v) is 14.4. The van der Waals surface area contributed by atoms with Gasteiger partial charge in [-0.25, -0.2) is 15.0 Å². The van der Waals surface area contributed by atoms with Gasteiger partial charge in [-0.15, -0.1) is 22.7 Å². The van der Waals surface area contributed by atoms with Gasteiger partial charge in [0.25, 0.3) is 0 Å². The van der Waals surface area contributed by atoms with Crippen LogP contribution in [0.2, 0.25) is 0 Å². The number of hydrogen-bond acceptors (Lipinski definition) is 7. The van der Waals surface area contributed by atoms with E-state index < -0.39 is 0 Å². The molecule has 0 aliphatic carbocycles. The first-order valence-corrected chi connectivity index (χ1v) is 27.4. The summed E-state index contributed by atoms with van der Waals surface area (Å²) in [4.78, 5) is 16.0. The van der Waals surface area contributed by atoms with Gasteiger partial charge < -0.3 is 13.4 Å². The number of aromatic nitrogens is 4. The minimum absolute atomic E-state index is 0.559. The Bertz CT molecular complexity index is 5310. The van der Waals surface area contributed by atoms with Crippen molar-refractivity contribution in [2.75, 3.05) is 0 Å². The van der Waals surface area contributed by atoms with Crippen molar-refractivity contribution in [3.05, 3.63) is 231 Å². The summed E-state index contributed by atoms with van der Waals surface area (Å²) in [5, 5.41) is 11.4. The largest absolute Gasteiger partial charge is 0.456 e. The topological polar surface area (TPSA) is 69.9 Å². The van der Waals surface area contributed by atoms with Gasteiger partial charge in [0.15, 0.2) is 17.5 Å². The lowest BCUT2D eigenvalue weighted by molar-refractivity contribution is 0.668. The highest BCUT2D eigenvalue weighted by Crippen LogP contribution is 2.45. The van der Waals surface area contributed by atoms with Gasteiger partial charge in [-0.1, -0.05) is 146 Å². The van der Waals surface area contributed by atoms with Crippen molar-refractivity contribution in [2.24, 2.45) is 0 Å². The van der Waals surface area contributed by atoms with Crippen molar-refractivity contribution >= 4 is 129 Å². The molecule has 0 spiro atoms. The number of fused-ring (bicyclic) bond motifs is 15. The summed E-state index contributed by atoms with van der Waals surface area (Å²) in [7, 11) is 0. The minimum atomic E-state index is 0.559.